The SMILES string of the molecule is NCc1ccc(NC(=O)CCCCn2cnc(CO)c2)cc1. The second-order valence-corrected chi connectivity index (χ2v) is 5.17. The van der Waals surface area contributed by atoms with Crippen molar-refractivity contribution < 1.29 is 9.90 Å². The number of hydrogen-bond donors (Lipinski definition) is 3. The molecule has 22 heavy (non-hydrogen) atoms. The molecule has 0 spiro atoms. The van der Waals surface area contributed by atoms with Crippen LogP contribution < -0.4 is 11.1 Å². The first kappa shape index (κ1) is 16.2. The van der Waals surface area contributed by atoms with Gasteiger partial charge < -0.3 is 20.7 Å². The standard InChI is InChI=1S/C16H22N4O2/c17-9-13-4-6-14(7-5-13)19-16(22)3-1-2-8-20-10-15(11-21)18-12-20/h4-7,10,12,21H,1-3,8-9,11,17H2,(H,19,22). The van der Waals surface area contributed by atoms with Crippen molar-refractivity contribution in [2.45, 2.75) is 39.0 Å². The number of benzene rings is 1. The van der Waals surface area contributed by atoms with Crippen LogP contribution in [0.1, 0.15) is 30.5 Å². The molecule has 6 nitrogen and oxygen atoms in total. The average Bonchev–Trinajstić information content (AvgIpc) is 3.00. The van der Waals surface area contributed by atoms with Crippen molar-refractivity contribution in [1.29, 1.82) is 0 Å². The molecule has 0 aliphatic rings. The van der Waals surface area contributed by atoms with Crippen LogP contribution in [-0.2, 0) is 24.5 Å². The maximum atomic E-state index is 11.8. The number of nitrogens with zero attached hydrogens (tertiary/aromatic N) is 2. The lowest BCUT2D eigenvalue weighted by Gasteiger charge is -2.06. The van der Waals surface area contributed by atoms with Gasteiger partial charge in [0.2, 0.25) is 5.91 Å². The summed E-state index contributed by atoms with van der Waals surface area (Å²) >= 11 is 0. The van der Waals surface area contributed by atoms with E-state index in [0.717, 1.165) is 30.6 Å². The highest BCUT2D eigenvalue weighted by molar-refractivity contribution is 5.90. The molecule has 0 radical (unpaired) electrons. The maximum Gasteiger partial charge on any atom is 0.224 e. The molecule has 0 aliphatic heterocycles. The zero-order valence-electron chi connectivity index (χ0n) is 12.5. The van der Waals surface area contributed by atoms with Crippen LogP contribution in [0.3, 0.4) is 0 Å². The zero-order valence-corrected chi connectivity index (χ0v) is 12.5. The predicted molar refractivity (Wildman–Crippen MR) is 85.0 cm³/mol. The molecule has 1 aromatic heterocycles. The van der Waals surface area contributed by atoms with Gasteiger partial charge in [-0.1, -0.05) is 12.1 Å². The Bertz CT molecular complexity index is 592. The summed E-state index contributed by atoms with van der Waals surface area (Å²) in [4.78, 5) is 15.9. The van der Waals surface area contributed by atoms with E-state index in [4.69, 9.17) is 10.8 Å². The van der Waals surface area contributed by atoms with Crippen LogP contribution in [0.4, 0.5) is 5.69 Å². The van der Waals surface area contributed by atoms with Crippen molar-refractivity contribution >= 4 is 11.6 Å². The van der Waals surface area contributed by atoms with Crippen LogP contribution in [0, 0.1) is 0 Å². The molecule has 0 saturated carbocycles. The summed E-state index contributed by atoms with van der Waals surface area (Å²) in [7, 11) is 0. The predicted octanol–water partition coefficient (Wildman–Crippen LogP) is 1.64. The molecule has 118 valence electrons. The highest BCUT2D eigenvalue weighted by atomic mass is 16.3. The number of aliphatic hydroxyl groups excluding tert-OH is 1. The third-order valence-electron chi connectivity index (χ3n) is 3.39. The van der Waals surface area contributed by atoms with E-state index < -0.39 is 0 Å². The fourth-order valence-electron chi connectivity index (χ4n) is 2.14. The lowest BCUT2D eigenvalue weighted by molar-refractivity contribution is -0.116. The van der Waals surface area contributed by atoms with Crippen molar-refractivity contribution in [2.75, 3.05) is 5.32 Å². The molecule has 0 bridgehead atoms. The Balaban J connectivity index is 1.66. The Morgan fingerprint density at radius 2 is 2.05 bits per heavy atom. The number of carbonyl (C=O) groups is 1. The number of carbonyl (C=O) groups excluding carboxylic acids is 1. The number of aromatic nitrogens is 2. The third-order valence-corrected chi connectivity index (χ3v) is 3.39. The number of nitrogens with two attached hydrogens (primary N) is 1. The Morgan fingerprint density at radius 1 is 1.27 bits per heavy atom. The van der Waals surface area contributed by atoms with E-state index in [-0.39, 0.29) is 12.5 Å². The van der Waals surface area contributed by atoms with Crippen molar-refractivity contribution in [2.24, 2.45) is 5.73 Å². The molecule has 1 amide bonds. The molecule has 0 saturated heterocycles. The molecule has 1 heterocycles. The zero-order chi connectivity index (χ0) is 15.8. The molecule has 2 aromatic rings. The van der Waals surface area contributed by atoms with Gasteiger partial charge in [-0.05, 0) is 30.5 Å². The summed E-state index contributed by atoms with van der Waals surface area (Å²) in [6, 6.07) is 7.55. The number of imidazole rings is 1. The number of nitrogens with one attached hydrogen (secondary N) is 1. The maximum absolute atomic E-state index is 11.8. The fraction of sp³-hybridized carbons (Fsp3) is 0.375. The molecule has 6 heteroatoms. The molecule has 2 rings (SSSR count). The highest BCUT2D eigenvalue weighted by Gasteiger charge is 2.03. The lowest BCUT2D eigenvalue weighted by Crippen LogP contribution is -2.11. The van der Waals surface area contributed by atoms with Crippen LogP contribution in [-0.4, -0.2) is 20.6 Å². The van der Waals surface area contributed by atoms with Gasteiger partial charge in [0.15, 0.2) is 0 Å². The number of anilines is 1. The van der Waals surface area contributed by atoms with Gasteiger partial charge in [-0.3, -0.25) is 4.79 Å². The fourth-order valence-corrected chi connectivity index (χ4v) is 2.14. The van der Waals surface area contributed by atoms with E-state index in [1.54, 1.807) is 6.33 Å². The Hall–Kier alpha value is -2.18. The van der Waals surface area contributed by atoms with Crippen LogP contribution in [0.25, 0.3) is 0 Å². The highest BCUT2D eigenvalue weighted by Crippen LogP contribution is 2.10. The summed E-state index contributed by atoms with van der Waals surface area (Å²) in [5, 5.41) is 11.8. The first-order chi connectivity index (χ1) is 10.7. The van der Waals surface area contributed by atoms with E-state index in [1.807, 2.05) is 35.0 Å². The van der Waals surface area contributed by atoms with Gasteiger partial charge in [-0.2, -0.15) is 0 Å². The molecule has 0 atom stereocenters. The number of rotatable bonds is 8. The molecule has 1 aromatic carbocycles. The van der Waals surface area contributed by atoms with E-state index in [0.29, 0.717) is 18.7 Å². The average molecular weight is 302 g/mol. The number of amides is 1. The van der Waals surface area contributed by atoms with Crippen molar-refractivity contribution in [3.8, 4) is 0 Å². The molecule has 4 N–H and O–H groups in total. The van der Waals surface area contributed by atoms with Crippen LogP contribution in [0.15, 0.2) is 36.8 Å². The van der Waals surface area contributed by atoms with Crippen LogP contribution in [0.5, 0.6) is 0 Å². The normalized spacial score (nSPS) is 10.6. The van der Waals surface area contributed by atoms with Crippen molar-refractivity contribution in [3.05, 3.63) is 48.0 Å². The largest absolute Gasteiger partial charge is 0.390 e. The van der Waals surface area contributed by atoms with Gasteiger partial charge in [0.05, 0.1) is 18.6 Å². The minimum absolute atomic E-state index is 0.0159. The van der Waals surface area contributed by atoms with Crippen molar-refractivity contribution in [3.63, 3.8) is 0 Å². The number of aryl methyl sites for hydroxylation is 1. The first-order valence-electron chi connectivity index (χ1n) is 7.41. The lowest BCUT2D eigenvalue weighted by atomic mass is 10.2. The second kappa shape index (κ2) is 8.31. The Labute approximate surface area is 130 Å². The second-order valence-electron chi connectivity index (χ2n) is 5.17. The van der Waals surface area contributed by atoms with Crippen molar-refractivity contribution in [1.82, 2.24) is 9.55 Å². The summed E-state index contributed by atoms with van der Waals surface area (Å²) in [5.74, 6) is 0.0159. The molecule has 0 aliphatic carbocycles. The third kappa shape index (κ3) is 4.98. The molecular formula is C16H22N4O2. The summed E-state index contributed by atoms with van der Waals surface area (Å²) in [6.07, 6.45) is 5.70. The number of unbranched alkanes of at least 4 members (excludes halogenated alkanes) is 1. The Morgan fingerprint density at radius 3 is 2.68 bits per heavy atom. The van der Waals surface area contributed by atoms with Crippen LogP contribution in [0.2, 0.25) is 0 Å². The van der Waals surface area contributed by atoms with E-state index in [2.05, 4.69) is 10.3 Å². The quantitative estimate of drug-likeness (QED) is 0.646. The van der Waals surface area contributed by atoms with E-state index >= 15 is 0 Å². The number of hydrogen-bond acceptors (Lipinski definition) is 4. The Kier molecular flexibility index (Phi) is 6.12. The van der Waals surface area contributed by atoms with Gasteiger partial charge in [0, 0.05) is 31.4 Å². The molecule has 0 unspecified atom stereocenters. The number of aliphatic hydroxyl groups is 1. The summed E-state index contributed by atoms with van der Waals surface area (Å²) < 4.78 is 1.93. The van der Waals surface area contributed by atoms with Crippen LogP contribution >= 0.6 is 0 Å². The minimum atomic E-state index is -0.0433. The van der Waals surface area contributed by atoms with Gasteiger partial charge in [0.1, 0.15) is 0 Å². The molecular weight excluding hydrogens is 280 g/mol. The van der Waals surface area contributed by atoms with Gasteiger partial charge in [-0.25, -0.2) is 4.98 Å². The van der Waals surface area contributed by atoms with Gasteiger partial charge in [-0.15, -0.1) is 0 Å². The molecule has 0 fully saturated rings. The van der Waals surface area contributed by atoms with E-state index in [9.17, 15) is 4.79 Å². The van der Waals surface area contributed by atoms with E-state index in [1.165, 1.54) is 0 Å². The summed E-state index contributed by atoms with van der Waals surface area (Å²) in [6.45, 7) is 1.25. The topological polar surface area (TPSA) is 93.2 Å². The smallest absolute Gasteiger partial charge is 0.224 e. The van der Waals surface area contributed by atoms with Gasteiger partial charge >= 0.3 is 0 Å². The van der Waals surface area contributed by atoms with Gasteiger partial charge in [0.25, 0.3) is 0 Å². The monoisotopic (exact) mass is 302 g/mol. The summed E-state index contributed by atoms with van der Waals surface area (Å²) in [5.41, 5.74) is 8.04. The minimum Gasteiger partial charge on any atom is -0.390 e. The first-order valence-corrected chi connectivity index (χ1v) is 7.41.